The van der Waals surface area contributed by atoms with Crippen LogP contribution in [0.25, 0.3) is 10.8 Å². The van der Waals surface area contributed by atoms with Crippen molar-refractivity contribution in [2.24, 2.45) is 11.8 Å². The molecule has 0 spiro atoms. The molecule has 2 atom stereocenters. The smallest absolute Gasteiger partial charge is 0.274 e. The molecule has 3 N–H and O–H groups in total. The van der Waals surface area contributed by atoms with Crippen LogP contribution in [0, 0.1) is 11.8 Å². The van der Waals surface area contributed by atoms with E-state index in [1.54, 1.807) is 24.3 Å². The molecule has 1 amide bonds. The standard InChI is InChI=1S/C18H24N4O3/c1-11(2)10-22-18(25)14-6-4-3-5-13(14)16(21-22)17(24)20-8-12-7-19-9-15(12)23/h3-6,11-12,15,19,23H,7-10H2,1-2H3,(H,20,24). The summed E-state index contributed by atoms with van der Waals surface area (Å²) in [5.74, 6) is -0.105. The number of aliphatic hydroxyl groups is 1. The van der Waals surface area contributed by atoms with Gasteiger partial charge in [-0.3, -0.25) is 9.59 Å². The summed E-state index contributed by atoms with van der Waals surface area (Å²) in [6.07, 6.45) is -0.458. The molecule has 2 unspecified atom stereocenters. The number of amides is 1. The molecular weight excluding hydrogens is 320 g/mol. The number of β-amino-alcohol motifs (C(OH)–C–C–N with tert-alkyl or cyclic N) is 1. The first-order chi connectivity index (χ1) is 12.0. The minimum absolute atomic E-state index is 0.0169. The number of hydrogen-bond donors (Lipinski definition) is 3. The van der Waals surface area contributed by atoms with Gasteiger partial charge in [0.1, 0.15) is 0 Å². The van der Waals surface area contributed by atoms with Crippen LogP contribution >= 0.6 is 0 Å². The van der Waals surface area contributed by atoms with Crippen LogP contribution in [-0.4, -0.2) is 46.5 Å². The van der Waals surface area contributed by atoms with Gasteiger partial charge in [-0.2, -0.15) is 5.10 Å². The van der Waals surface area contributed by atoms with E-state index in [0.717, 1.165) is 0 Å². The Kier molecular flexibility index (Phi) is 5.15. The van der Waals surface area contributed by atoms with E-state index in [-0.39, 0.29) is 29.0 Å². The zero-order valence-corrected chi connectivity index (χ0v) is 14.5. The van der Waals surface area contributed by atoms with Crippen LogP contribution in [0.4, 0.5) is 0 Å². The lowest BCUT2D eigenvalue weighted by atomic mass is 10.1. The maximum absolute atomic E-state index is 12.7. The molecule has 0 radical (unpaired) electrons. The second-order valence-corrected chi connectivity index (χ2v) is 6.97. The van der Waals surface area contributed by atoms with Crippen molar-refractivity contribution >= 4 is 16.7 Å². The Balaban J connectivity index is 1.92. The van der Waals surface area contributed by atoms with E-state index in [2.05, 4.69) is 15.7 Å². The van der Waals surface area contributed by atoms with Crippen LogP contribution in [-0.2, 0) is 6.54 Å². The molecule has 1 aromatic heterocycles. The molecule has 0 saturated carbocycles. The summed E-state index contributed by atoms with van der Waals surface area (Å²) in [5.41, 5.74) is 0.0626. The number of hydrogen-bond acceptors (Lipinski definition) is 5. The van der Waals surface area contributed by atoms with E-state index in [1.165, 1.54) is 4.68 Å². The van der Waals surface area contributed by atoms with Crippen LogP contribution in [0.15, 0.2) is 29.1 Å². The molecule has 1 saturated heterocycles. The fraction of sp³-hybridized carbons (Fsp3) is 0.500. The van der Waals surface area contributed by atoms with Crippen molar-refractivity contribution in [1.29, 1.82) is 0 Å². The zero-order valence-electron chi connectivity index (χ0n) is 14.5. The van der Waals surface area contributed by atoms with Crippen LogP contribution < -0.4 is 16.2 Å². The molecule has 1 aromatic carbocycles. The predicted octanol–water partition coefficient (Wildman–Crippen LogP) is 0.363. The van der Waals surface area contributed by atoms with Crippen molar-refractivity contribution < 1.29 is 9.90 Å². The van der Waals surface area contributed by atoms with Gasteiger partial charge in [-0.1, -0.05) is 32.0 Å². The summed E-state index contributed by atoms with van der Waals surface area (Å²) in [6.45, 7) is 6.03. The third kappa shape index (κ3) is 3.72. The second kappa shape index (κ2) is 7.33. The number of benzene rings is 1. The molecule has 1 aliphatic heterocycles. The fourth-order valence-corrected chi connectivity index (χ4v) is 3.11. The lowest BCUT2D eigenvalue weighted by Crippen LogP contribution is -2.36. The molecule has 0 bridgehead atoms. The summed E-state index contributed by atoms with van der Waals surface area (Å²) in [4.78, 5) is 25.3. The van der Waals surface area contributed by atoms with Gasteiger partial charge in [0.25, 0.3) is 11.5 Å². The third-order valence-electron chi connectivity index (χ3n) is 4.45. The van der Waals surface area contributed by atoms with Crippen molar-refractivity contribution in [1.82, 2.24) is 20.4 Å². The molecule has 2 aromatic rings. The van der Waals surface area contributed by atoms with E-state index in [4.69, 9.17) is 0 Å². The molecule has 7 heteroatoms. The molecule has 3 rings (SSSR count). The van der Waals surface area contributed by atoms with Crippen molar-refractivity contribution in [3.63, 3.8) is 0 Å². The SMILES string of the molecule is CC(C)Cn1nc(C(=O)NCC2CNCC2O)c2ccccc2c1=O. The van der Waals surface area contributed by atoms with Gasteiger partial charge in [-0.25, -0.2) is 4.68 Å². The van der Waals surface area contributed by atoms with Gasteiger partial charge in [0.15, 0.2) is 5.69 Å². The normalized spacial score (nSPS) is 20.3. The van der Waals surface area contributed by atoms with E-state index in [9.17, 15) is 14.7 Å². The highest BCUT2D eigenvalue weighted by Gasteiger charge is 2.26. The first-order valence-corrected chi connectivity index (χ1v) is 8.64. The highest BCUT2D eigenvalue weighted by Crippen LogP contribution is 2.14. The predicted molar refractivity (Wildman–Crippen MR) is 95.5 cm³/mol. The van der Waals surface area contributed by atoms with Gasteiger partial charge in [0.05, 0.1) is 11.5 Å². The van der Waals surface area contributed by atoms with E-state index < -0.39 is 6.10 Å². The Labute approximate surface area is 146 Å². The maximum Gasteiger partial charge on any atom is 0.274 e. The summed E-state index contributed by atoms with van der Waals surface area (Å²) in [5, 5.41) is 21.1. The molecule has 134 valence electrons. The quantitative estimate of drug-likeness (QED) is 0.728. The highest BCUT2D eigenvalue weighted by molar-refractivity contribution is 6.04. The van der Waals surface area contributed by atoms with Crippen molar-refractivity contribution in [3.8, 4) is 0 Å². The topological polar surface area (TPSA) is 96.2 Å². The number of fused-ring (bicyclic) bond motifs is 1. The van der Waals surface area contributed by atoms with Crippen molar-refractivity contribution in [2.75, 3.05) is 19.6 Å². The van der Waals surface area contributed by atoms with Gasteiger partial charge in [0.2, 0.25) is 0 Å². The molecule has 1 fully saturated rings. The molecule has 0 aliphatic carbocycles. The number of aliphatic hydroxyl groups excluding tert-OH is 1. The second-order valence-electron chi connectivity index (χ2n) is 6.97. The average molecular weight is 344 g/mol. The molecule has 2 heterocycles. The van der Waals surface area contributed by atoms with Crippen molar-refractivity contribution in [2.45, 2.75) is 26.5 Å². The summed E-state index contributed by atoms with van der Waals surface area (Å²) in [6, 6.07) is 7.03. The van der Waals surface area contributed by atoms with Gasteiger partial charge in [-0.05, 0) is 12.0 Å². The van der Waals surface area contributed by atoms with Gasteiger partial charge in [0, 0.05) is 37.5 Å². The number of rotatable bonds is 5. The number of nitrogens with one attached hydrogen (secondary N) is 2. The maximum atomic E-state index is 12.7. The lowest BCUT2D eigenvalue weighted by Gasteiger charge is -2.15. The average Bonchev–Trinajstić information content (AvgIpc) is 3.00. The van der Waals surface area contributed by atoms with E-state index >= 15 is 0 Å². The highest BCUT2D eigenvalue weighted by atomic mass is 16.3. The van der Waals surface area contributed by atoms with Crippen LogP contribution in [0.2, 0.25) is 0 Å². The van der Waals surface area contributed by atoms with Crippen molar-refractivity contribution in [3.05, 3.63) is 40.3 Å². The fourth-order valence-electron chi connectivity index (χ4n) is 3.11. The first kappa shape index (κ1) is 17.6. The van der Waals surface area contributed by atoms with E-state index in [0.29, 0.717) is 37.0 Å². The van der Waals surface area contributed by atoms with Gasteiger partial charge in [-0.15, -0.1) is 0 Å². The minimum atomic E-state index is -0.458. The van der Waals surface area contributed by atoms with Crippen LogP contribution in [0.1, 0.15) is 24.3 Å². The summed E-state index contributed by atoms with van der Waals surface area (Å²) in [7, 11) is 0. The summed E-state index contributed by atoms with van der Waals surface area (Å²) < 4.78 is 1.37. The van der Waals surface area contributed by atoms with Crippen LogP contribution in [0.5, 0.6) is 0 Å². The first-order valence-electron chi connectivity index (χ1n) is 8.64. The number of carbonyl (C=O) groups excluding carboxylic acids is 1. The Bertz CT molecular complexity index is 831. The third-order valence-corrected chi connectivity index (χ3v) is 4.45. The molecular formula is C18H24N4O3. The zero-order chi connectivity index (χ0) is 18.0. The number of nitrogens with zero attached hydrogens (tertiary/aromatic N) is 2. The monoisotopic (exact) mass is 344 g/mol. The van der Waals surface area contributed by atoms with Gasteiger partial charge >= 0.3 is 0 Å². The molecule has 1 aliphatic rings. The largest absolute Gasteiger partial charge is 0.391 e. The molecule has 7 nitrogen and oxygen atoms in total. The Hall–Kier alpha value is -2.25. The summed E-state index contributed by atoms with van der Waals surface area (Å²) >= 11 is 0. The number of aromatic nitrogens is 2. The number of carbonyl (C=O) groups is 1. The molecule has 25 heavy (non-hydrogen) atoms. The Morgan fingerprint density at radius 3 is 2.72 bits per heavy atom. The minimum Gasteiger partial charge on any atom is -0.391 e. The van der Waals surface area contributed by atoms with Gasteiger partial charge < -0.3 is 15.7 Å². The van der Waals surface area contributed by atoms with E-state index in [1.807, 2.05) is 13.8 Å². The lowest BCUT2D eigenvalue weighted by molar-refractivity contribution is 0.0921. The Morgan fingerprint density at radius 1 is 1.36 bits per heavy atom. The van der Waals surface area contributed by atoms with Crippen LogP contribution in [0.3, 0.4) is 0 Å². The Morgan fingerprint density at radius 2 is 2.08 bits per heavy atom.